The highest BCUT2D eigenvalue weighted by molar-refractivity contribution is 7.51. The van der Waals surface area contributed by atoms with Gasteiger partial charge in [0, 0.05) is 24.5 Å². The molecule has 0 bridgehead atoms. The molecule has 0 radical (unpaired) electrons. The largest absolute Gasteiger partial charge is 0.390 e. The Morgan fingerprint density at radius 3 is 1.71 bits per heavy atom. The topological polar surface area (TPSA) is 354 Å². The van der Waals surface area contributed by atoms with Gasteiger partial charge in [-0.1, -0.05) is 0 Å². The van der Waals surface area contributed by atoms with Gasteiger partial charge in [-0.3, -0.25) is 37.8 Å². The molecule has 11 N–H and O–H groups in total. The van der Waals surface area contributed by atoms with Gasteiger partial charge in [-0.05, 0) is 13.8 Å². The number of aliphatic hydroxyl groups is 5. The molecule has 254 valence electrons. The van der Waals surface area contributed by atoms with Crippen LogP contribution in [0.25, 0.3) is 0 Å². The molecule has 22 nitrogen and oxygen atoms in total. The Morgan fingerprint density at radius 2 is 1.29 bits per heavy atom. The molecule has 4 heterocycles. The summed E-state index contributed by atoms with van der Waals surface area (Å²) in [5.74, 6) is 0. The molecular weight excluding hydrogens is 658 g/mol. The lowest BCUT2D eigenvalue weighted by Gasteiger charge is -2.27. The van der Waals surface area contributed by atoms with E-state index in [1.807, 2.05) is 9.97 Å². The minimum absolute atomic E-state index is 0.659. The predicted molar refractivity (Wildman–Crippen MR) is 145 cm³/mol. The number of H-pyrrole nitrogens is 2. The fourth-order valence-corrected chi connectivity index (χ4v) is 5.50. The van der Waals surface area contributed by atoms with Gasteiger partial charge in [-0.2, -0.15) is 0 Å². The summed E-state index contributed by atoms with van der Waals surface area (Å²) >= 11 is 0. The number of aromatic nitrogens is 4. The van der Waals surface area contributed by atoms with E-state index in [0.717, 1.165) is 47.5 Å². The zero-order valence-corrected chi connectivity index (χ0v) is 25.0. The molecule has 2 aliphatic heterocycles. The lowest BCUT2D eigenvalue weighted by Crippen LogP contribution is -2.48. The first kappa shape index (κ1) is 36.8. The molecular formula is C21H32N4O18P2. The number of nitrogens with one attached hydrogen (secondary N) is 2. The van der Waals surface area contributed by atoms with Crippen molar-refractivity contribution in [2.45, 2.75) is 68.2 Å². The monoisotopic (exact) mass is 690 g/mol. The van der Waals surface area contributed by atoms with E-state index in [1.165, 1.54) is 0 Å². The van der Waals surface area contributed by atoms with Crippen molar-refractivity contribution >= 4 is 15.2 Å². The fraction of sp³-hybridized carbons (Fsp3) is 0.619. The molecule has 0 amide bonds. The van der Waals surface area contributed by atoms with Crippen LogP contribution >= 0.6 is 15.2 Å². The first-order valence-corrected chi connectivity index (χ1v) is 16.2. The van der Waals surface area contributed by atoms with Gasteiger partial charge in [0.1, 0.15) is 29.5 Å². The highest BCUT2D eigenvalue weighted by Gasteiger charge is 2.56. The number of hydrogen-bond donors (Lipinski definition) is 11. The Kier molecular flexibility index (Phi) is 10.8. The van der Waals surface area contributed by atoms with Crippen LogP contribution in [0, 0.1) is 0 Å². The van der Waals surface area contributed by atoms with Crippen molar-refractivity contribution in [2.75, 3.05) is 12.5 Å². The maximum absolute atomic E-state index is 11.8. The van der Waals surface area contributed by atoms with E-state index in [2.05, 4.69) is 0 Å². The van der Waals surface area contributed by atoms with Crippen LogP contribution in [-0.2, 0) is 23.3 Å². The van der Waals surface area contributed by atoms with Gasteiger partial charge in [-0.25, -0.2) is 9.59 Å². The second kappa shape index (κ2) is 13.2. The Balaban J connectivity index is 0.000000246. The van der Waals surface area contributed by atoms with E-state index in [9.17, 15) is 53.8 Å². The normalized spacial score (nSPS) is 32.6. The van der Waals surface area contributed by atoms with Crippen molar-refractivity contribution in [2.24, 2.45) is 0 Å². The molecule has 2 aliphatic rings. The SMILES string of the molecule is CC1(O)C(O)C(C(O)CP(=O)(O)O)OC1n1ccc(=O)[nH]c1=O.CC1(O)C(O)C(OCP(=O)(O)O)OC1n1ccc(=O)[nH]c1=O. The fourth-order valence-electron chi connectivity index (χ4n) is 4.47. The molecule has 0 aliphatic carbocycles. The number of aliphatic hydroxyl groups excluding tert-OH is 3. The molecule has 2 aromatic rings. The van der Waals surface area contributed by atoms with Gasteiger partial charge in [-0.15, -0.1) is 0 Å². The standard InChI is InChI=1S/C11H17N2O9P.C10H15N2O9P/c1-11(18)8(16)7(5(14)4-23(19,20)21)22-9(11)13-3-2-6(15)12-10(13)17;1-10(16)6(14)7(20-4-22(17,18)19)21-8(10)12-3-2-5(13)11-9(12)15/h2-3,5,7-9,14,16,18H,4H2,1H3,(H,12,15,17)(H2,19,20,21);2-3,6-8,14,16H,4H2,1H3,(H,11,13,15)(H2,17,18,19). The third-order valence-electron chi connectivity index (χ3n) is 6.73. The van der Waals surface area contributed by atoms with Gasteiger partial charge in [0.25, 0.3) is 11.1 Å². The summed E-state index contributed by atoms with van der Waals surface area (Å²) in [5, 5.41) is 50.5. The average molecular weight is 690 g/mol. The first-order valence-electron chi connectivity index (χ1n) is 12.6. The first-order chi connectivity index (χ1) is 20.5. The average Bonchev–Trinajstić information content (AvgIpc) is 3.25. The van der Waals surface area contributed by atoms with Gasteiger partial charge >= 0.3 is 26.6 Å². The van der Waals surface area contributed by atoms with Gasteiger partial charge in [0.2, 0.25) is 0 Å². The number of nitrogens with zero attached hydrogens (tertiary/aromatic N) is 2. The Morgan fingerprint density at radius 1 is 0.844 bits per heavy atom. The van der Waals surface area contributed by atoms with Crippen LogP contribution in [0.2, 0.25) is 0 Å². The summed E-state index contributed by atoms with van der Waals surface area (Å²) in [6.07, 6.45) is -11.1. The van der Waals surface area contributed by atoms with Crippen molar-refractivity contribution in [3.8, 4) is 0 Å². The van der Waals surface area contributed by atoms with Gasteiger partial charge in [0.15, 0.2) is 25.1 Å². The van der Waals surface area contributed by atoms with E-state index in [0.29, 0.717) is 0 Å². The van der Waals surface area contributed by atoms with E-state index in [-0.39, 0.29) is 0 Å². The second-order valence-corrected chi connectivity index (χ2v) is 13.8. The minimum atomic E-state index is -4.59. The maximum Gasteiger partial charge on any atom is 0.351 e. The highest BCUT2D eigenvalue weighted by atomic mass is 31.2. The van der Waals surface area contributed by atoms with Crippen LogP contribution in [0.3, 0.4) is 0 Å². The quantitative estimate of drug-likeness (QED) is 0.115. The van der Waals surface area contributed by atoms with Crippen LogP contribution in [0.15, 0.2) is 43.7 Å². The molecule has 2 aromatic heterocycles. The van der Waals surface area contributed by atoms with Crippen LogP contribution < -0.4 is 22.5 Å². The van der Waals surface area contributed by atoms with E-state index in [1.54, 1.807) is 0 Å². The smallest absolute Gasteiger partial charge is 0.351 e. The van der Waals surface area contributed by atoms with Crippen molar-refractivity contribution in [1.29, 1.82) is 0 Å². The van der Waals surface area contributed by atoms with Gasteiger partial charge < -0.3 is 59.3 Å². The minimum Gasteiger partial charge on any atom is -0.390 e. The molecule has 0 aromatic carbocycles. The number of hydrogen-bond acceptors (Lipinski definition) is 14. The third kappa shape index (κ3) is 8.58. The lowest BCUT2D eigenvalue weighted by molar-refractivity contribution is -0.169. The maximum atomic E-state index is 11.8. The Hall–Kier alpha value is -2.66. The zero-order chi connectivity index (χ0) is 34.3. The molecule has 9 unspecified atom stereocenters. The van der Waals surface area contributed by atoms with Crippen LogP contribution in [0.4, 0.5) is 0 Å². The molecule has 9 atom stereocenters. The van der Waals surface area contributed by atoms with Crippen molar-refractivity contribution in [3.05, 3.63) is 66.2 Å². The summed E-state index contributed by atoms with van der Waals surface area (Å²) in [7, 11) is -9.09. The summed E-state index contributed by atoms with van der Waals surface area (Å²) in [4.78, 5) is 84.7. The van der Waals surface area contributed by atoms with Crippen molar-refractivity contribution < 1.29 is 68.4 Å². The molecule has 0 saturated carbocycles. The Labute approximate surface area is 250 Å². The number of ether oxygens (including phenoxy) is 3. The molecule has 4 rings (SSSR count). The van der Waals surface area contributed by atoms with E-state index in [4.69, 9.17) is 33.8 Å². The second-order valence-electron chi connectivity index (χ2n) is 10.6. The van der Waals surface area contributed by atoms with E-state index >= 15 is 0 Å². The highest BCUT2D eigenvalue weighted by Crippen LogP contribution is 2.43. The summed E-state index contributed by atoms with van der Waals surface area (Å²) < 4.78 is 38.5. The molecule has 45 heavy (non-hydrogen) atoms. The van der Waals surface area contributed by atoms with Gasteiger partial charge in [0.05, 0.1) is 12.3 Å². The summed E-state index contributed by atoms with van der Waals surface area (Å²) in [5.41, 5.74) is -7.19. The molecule has 2 fully saturated rings. The lowest BCUT2D eigenvalue weighted by atomic mass is 9.94. The Bertz CT molecular complexity index is 1690. The zero-order valence-electron chi connectivity index (χ0n) is 23.3. The summed E-state index contributed by atoms with van der Waals surface area (Å²) in [6.45, 7) is 2.28. The number of rotatable bonds is 8. The molecule has 0 spiro atoms. The predicted octanol–water partition coefficient (Wildman–Crippen LogP) is -5.26. The van der Waals surface area contributed by atoms with Crippen LogP contribution in [0.1, 0.15) is 26.3 Å². The number of aromatic amines is 2. The van der Waals surface area contributed by atoms with Crippen molar-refractivity contribution in [1.82, 2.24) is 19.1 Å². The van der Waals surface area contributed by atoms with Crippen LogP contribution in [-0.4, -0.2) is 119 Å². The molecule has 24 heteroatoms. The van der Waals surface area contributed by atoms with E-state index < -0.39 is 105 Å². The third-order valence-corrected chi connectivity index (χ3v) is 8.07. The summed E-state index contributed by atoms with van der Waals surface area (Å²) in [6, 6.07) is 2.00. The van der Waals surface area contributed by atoms with Crippen molar-refractivity contribution in [3.63, 3.8) is 0 Å². The molecule has 2 saturated heterocycles. The van der Waals surface area contributed by atoms with Crippen LogP contribution in [0.5, 0.6) is 0 Å².